The average molecular weight is 383 g/mol. The highest BCUT2D eigenvalue weighted by molar-refractivity contribution is 5.79. The van der Waals surface area contributed by atoms with Crippen LogP contribution < -0.4 is 10.6 Å². The molecule has 3 heterocycles. The molecule has 2 N–H and O–H groups in total. The third-order valence-electron chi connectivity index (χ3n) is 5.27. The van der Waals surface area contributed by atoms with Crippen LogP contribution >= 0.6 is 0 Å². The molecule has 150 valence electrons. The van der Waals surface area contributed by atoms with Gasteiger partial charge in [-0.3, -0.25) is 4.90 Å². The molecule has 0 amide bonds. The summed E-state index contributed by atoms with van der Waals surface area (Å²) in [5.41, 5.74) is 1.78. The second-order valence-electron chi connectivity index (χ2n) is 7.33. The number of aromatic nitrogens is 1. The molecule has 2 aromatic rings. The number of fused-ring (bicyclic) bond motifs is 1. The van der Waals surface area contributed by atoms with E-state index in [2.05, 4.69) is 32.4 Å². The van der Waals surface area contributed by atoms with Crippen molar-refractivity contribution >= 4 is 5.96 Å². The van der Waals surface area contributed by atoms with Gasteiger partial charge in [-0.25, -0.2) is 9.98 Å². The van der Waals surface area contributed by atoms with E-state index in [-0.39, 0.29) is 6.10 Å². The van der Waals surface area contributed by atoms with Crippen LogP contribution in [0, 0.1) is 0 Å². The van der Waals surface area contributed by atoms with Gasteiger partial charge >= 0.3 is 0 Å². The summed E-state index contributed by atoms with van der Waals surface area (Å²) >= 11 is 0. The number of oxazole rings is 1. The number of guanidine groups is 1. The standard InChI is InChI=1S/C21H29N5O2/c1-2-22-21(24-12-19-13-26-10-6-9-18(26)15-27-19)23-11-17-14-28-20(25-17)16-7-4-3-5-8-16/h3-5,7-8,14,18-19H,2,6,9-13,15H2,1H3,(H2,22,23,24). The number of hydrogen-bond donors (Lipinski definition) is 2. The van der Waals surface area contributed by atoms with Crippen LogP contribution in [0.1, 0.15) is 25.5 Å². The zero-order chi connectivity index (χ0) is 19.2. The Labute approximate surface area is 166 Å². The molecule has 2 aliphatic heterocycles. The molecular formula is C21H29N5O2. The van der Waals surface area contributed by atoms with E-state index in [1.165, 1.54) is 19.4 Å². The third kappa shape index (κ3) is 4.72. The molecule has 0 bridgehead atoms. The fourth-order valence-electron chi connectivity index (χ4n) is 3.81. The lowest BCUT2D eigenvalue weighted by Gasteiger charge is -2.35. The predicted octanol–water partition coefficient (Wildman–Crippen LogP) is 2.26. The molecule has 7 nitrogen and oxygen atoms in total. The Morgan fingerprint density at radius 1 is 1.29 bits per heavy atom. The Bertz CT molecular complexity index is 776. The summed E-state index contributed by atoms with van der Waals surface area (Å²) in [6.07, 6.45) is 4.44. The van der Waals surface area contributed by atoms with Gasteiger partial charge in [0.05, 0.1) is 19.3 Å². The number of nitrogens with zero attached hydrogens (tertiary/aromatic N) is 3. The van der Waals surface area contributed by atoms with Gasteiger partial charge in [0.15, 0.2) is 5.96 Å². The van der Waals surface area contributed by atoms with Gasteiger partial charge in [-0.05, 0) is 38.4 Å². The van der Waals surface area contributed by atoms with E-state index >= 15 is 0 Å². The molecule has 28 heavy (non-hydrogen) atoms. The van der Waals surface area contributed by atoms with Crippen LogP contribution in [0.2, 0.25) is 0 Å². The summed E-state index contributed by atoms with van der Waals surface area (Å²) in [6.45, 7) is 7.14. The smallest absolute Gasteiger partial charge is 0.226 e. The second-order valence-corrected chi connectivity index (χ2v) is 7.33. The monoisotopic (exact) mass is 383 g/mol. The molecule has 2 atom stereocenters. The van der Waals surface area contributed by atoms with Gasteiger partial charge in [-0.1, -0.05) is 18.2 Å². The van der Waals surface area contributed by atoms with E-state index in [1.807, 2.05) is 30.3 Å². The molecule has 1 aromatic heterocycles. The van der Waals surface area contributed by atoms with Gasteiger partial charge in [0.2, 0.25) is 5.89 Å². The average Bonchev–Trinajstić information content (AvgIpc) is 3.40. The summed E-state index contributed by atoms with van der Waals surface area (Å²) < 4.78 is 11.6. The number of nitrogens with one attached hydrogen (secondary N) is 2. The first-order chi connectivity index (χ1) is 13.8. The number of benzene rings is 1. The lowest BCUT2D eigenvalue weighted by atomic mass is 10.2. The first kappa shape index (κ1) is 19.0. The molecule has 2 aliphatic rings. The lowest BCUT2D eigenvalue weighted by Crippen LogP contribution is -2.51. The zero-order valence-electron chi connectivity index (χ0n) is 16.4. The quantitative estimate of drug-likeness (QED) is 0.589. The number of hydrogen-bond acceptors (Lipinski definition) is 5. The van der Waals surface area contributed by atoms with Crippen molar-refractivity contribution in [1.29, 1.82) is 0 Å². The van der Waals surface area contributed by atoms with Gasteiger partial charge in [0.1, 0.15) is 12.0 Å². The maximum absolute atomic E-state index is 6.02. The van der Waals surface area contributed by atoms with E-state index in [0.29, 0.717) is 18.5 Å². The summed E-state index contributed by atoms with van der Waals surface area (Å²) in [5.74, 6) is 1.40. The van der Waals surface area contributed by atoms with Crippen LogP contribution in [-0.4, -0.2) is 60.8 Å². The van der Waals surface area contributed by atoms with Crippen LogP contribution in [0.4, 0.5) is 0 Å². The molecule has 2 fully saturated rings. The number of aliphatic imine (C=N–C) groups is 1. The number of ether oxygens (including phenoxy) is 1. The van der Waals surface area contributed by atoms with Crippen molar-refractivity contribution in [2.24, 2.45) is 4.99 Å². The predicted molar refractivity (Wildman–Crippen MR) is 109 cm³/mol. The second kappa shape index (κ2) is 9.21. The van der Waals surface area contributed by atoms with Crippen LogP contribution in [0.3, 0.4) is 0 Å². The molecule has 4 rings (SSSR count). The first-order valence-electron chi connectivity index (χ1n) is 10.2. The van der Waals surface area contributed by atoms with E-state index in [4.69, 9.17) is 9.15 Å². The highest BCUT2D eigenvalue weighted by Crippen LogP contribution is 2.22. The third-order valence-corrected chi connectivity index (χ3v) is 5.27. The number of rotatable bonds is 6. The van der Waals surface area contributed by atoms with E-state index < -0.39 is 0 Å². The summed E-state index contributed by atoms with van der Waals surface area (Å²) in [7, 11) is 0. The lowest BCUT2D eigenvalue weighted by molar-refractivity contribution is -0.0453. The molecule has 0 saturated carbocycles. The van der Waals surface area contributed by atoms with Crippen LogP contribution in [0.5, 0.6) is 0 Å². The van der Waals surface area contributed by atoms with Crippen molar-refractivity contribution in [3.05, 3.63) is 42.3 Å². The summed E-state index contributed by atoms with van der Waals surface area (Å²) in [4.78, 5) is 11.7. The number of morpholine rings is 1. The largest absolute Gasteiger partial charge is 0.444 e. The summed E-state index contributed by atoms with van der Waals surface area (Å²) in [6, 6.07) is 10.5. The van der Waals surface area contributed by atoms with Crippen LogP contribution in [0.25, 0.3) is 11.5 Å². The molecule has 0 spiro atoms. The minimum absolute atomic E-state index is 0.204. The Kier molecular flexibility index (Phi) is 6.24. The fraction of sp³-hybridized carbons (Fsp3) is 0.524. The molecule has 0 radical (unpaired) electrons. The molecular weight excluding hydrogens is 354 g/mol. The highest BCUT2D eigenvalue weighted by atomic mass is 16.5. The highest BCUT2D eigenvalue weighted by Gasteiger charge is 2.32. The molecule has 2 unspecified atom stereocenters. The van der Waals surface area contributed by atoms with Crippen molar-refractivity contribution < 1.29 is 9.15 Å². The first-order valence-corrected chi connectivity index (χ1v) is 10.2. The molecule has 1 aromatic carbocycles. The van der Waals surface area contributed by atoms with Gasteiger partial charge in [0.25, 0.3) is 0 Å². The van der Waals surface area contributed by atoms with Crippen molar-refractivity contribution in [2.45, 2.75) is 38.5 Å². The fourth-order valence-corrected chi connectivity index (χ4v) is 3.81. The maximum atomic E-state index is 6.02. The molecule has 2 saturated heterocycles. The zero-order valence-corrected chi connectivity index (χ0v) is 16.4. The van der Waals surface area contributed by atoms with Crippen LogP contribution in [-0.2, 0) is 11.3 Å². The van der Waals surface area contributed by atoms with Crippen molar-refractivity contribution in [1.82, 2.24) is 20.5 Å². The normalized spacial score (nSPS) is 22.8. The SMILES string of the molecule is CCNC(=NCc1coc(-c2ccccc2)n1)NCC1CN2CCCC2CO1. The minimum Gasteiger partial charge on any atom is -0.444 e. The van der Waals surface area contributed by atoms with E-state index in [1.54, 1.807) is 6.26 Å². The molecule has 0 aliphatic carbocycles. The van der Waals surface area contributed by atoms with E-state index in [0.717, 1.165) is 43.5 Å². The topological polar surface area (TPSA) is 74.9 Å². The van der Waals surface area contributed by atoms with Gasteiger partial charge < -0.3 is 19.8 Å². The van der Waals surface area contributed by atoms with E-state index in [9.17, 15) is 0 Å². The minimum atomic E-state index is 0.204. The van der Waals surface area contributed by atoms with Crippen molar-refractivity contribution in [3.8, 4) is 11.5 Å². The Hall–Kier alpha value is -2.38. The van der Waals surface area contributed by atoms with Crippen molar-refractivity contribution in [2.75, 3.05) is 32.8 Å². The van der Waals surface area contributed by atoms with Gasteiger partial charge in [0, 0.05) is 31.2 Å². The Balaban J connectivity index is 1.31. The van der Waals surface area contributed by atoms with Crippen molar-refractivity contribution in [3.63, 3.8) is 0 Å². The summed E-state index contributed by atoms with van der Waals surface area (Å²) in [5, 5.41) is 6.70. The Morgan fingerprint density at radius 3 is 3.04 bits per heavy atom. The maximum Gasteiger partial charge on any atom is 0.226 e. The van der Waals surface area contributed by atoms with Crippen LogP contribution in [0.15, 0.2) is 46.0 Å². The molecule has 7 heteroatoms. The van der Waals surface area contributed by atoms with Gasteiger partial charge in [-0.15, -0.1) is 0 Å². The Morgan fingerprint density at radius 2 is 2.18 bits per heavy atom. The van der Waals surface area contributed by atoms with Gasteiger partial charge in [-0.2, -0.15) is 0 Å².